The van der Waals surface area contributed by atoms with Crippen molar-refractivity contribution in [3.8, 4) is 0 Å². The molecule has 0 saturated carbocycles. The Morgan fingerprint density at radius 2 is 2.19 bits per heavy atom. The maximum Gasteiger partial charge on any atom is 0.287 e. The van der Waals surface area contributed by atoms with Gasteiger partial charge in [0.2, 0.25) is 5.91 Å². The lowest BCUT2D eigenvalue weighted by Gasteiger charge is -2.04. The molecule has 0 bridgehead atoms. The van der Waals surface area contributed by atoms with Crippen molar-refractivity contribution in [3.05, 3.63) is 52.3 Å². The minimum absolute atomic E-state index is 0.0761. The third kappa shape index (κ3) is 4.53. The van der Waals surface area contributed by atoms with E-state index < -0.39 is 4.92 Å². The molecule has 1 N–H and O–H groups in total. The Morgan fingerprint density at radius 1 is 1.38 bits per heavy atom. The van der Waals surface area contributed by atoms with Crippen LogP contribution in [0.25, 0.3) is 0 Å². The summed E-state index contributed by atoms with van der Waals surface area (Å²) in [6.45, 7) is 1.84. The molecular formula is C13H12N4O3S. The molecule has 0 fully saturated rings. The Hall–Kier alpha value is -2.48. The molecule has 2 rings (SSSR count). The van der Waals surface area contributed by atoms with Crippen molar-refractivity contribution in [3.63, 3.8) is 0 Å². The fraction of sp³-hybridized carbons (Fsp3) is 0.154. The summed E-state index contributed by atoms with van der Waals surface area (Å²) in [5.41, 5.74) is 0.741. The van der Waals surface area contributed by atoms with Crippen LogP contribution >= 0.6 is 11.8 Å². The summed E-state index contributed by atoms with van der Waals surface area (Å²) < 4.78 is 0. The lowest BCUT2D eigenvalue weighted by atomic mass is 10.4. The molecule has 0 saturated heterocycles. The van der Waals surface area contributed by atoms with Crippen molar-refractivity contribution in [1.82, 2.24) is 9.97 Å². The number of carbonyl (C=O) groups is 1. The number of thioether (sulfide) groups is 1. The van der Waals surface area contributed by atoms with E-state index in [1.54, 1.807) is 6.07 Å². The van der Waals surface area contributed by atoms with E-state index in [1.165, 1.54) is 30.1 Å². The van der Waals surface area contributed by atoms with Crippen LogP contribution in [0.2, 0.25) is 0 Å². The van der Waals surface area contributed by atoms with Crippen molar-refractivity contribution in [2.45, 2.75) is 11.9 Å². The standard InChI is InChI=1S/C13H12N4O3S/c1-9-3-2-4-11(15-9)16-12(18)8-21-13-6-5-10(7-14-13)17(19)20/h2-7H,8H2,1H3,(H,15,16,18). The van der Waals surface area contributed by atoms with Crippen LogP contribution in [0.15, 0.2) is 41.6 Å². The lowest BCUT2D eigenvalue weighted by Crippen LogP contribution is -2.15. The van der Waals surface area contributed by atoms with Gasteiger partial charge in [-0.15, -0.1) is 0 Å². The monoisotopic (exact) mass is 304 g/mol. The zero-order chi connectivity index (χ0) is 15.2. The number of carbonyl (C=O) groups excluding carboxylic acids is 1. The third-order valence-corrected chi connectivity index (χ3v) is 3.38. The molecule has 7 nitrogen and oxygen atoms in total. The Kier molecular flexibility index (Phi) is 4.83. The van der Waals surface area contributed by atoms with Crippen molar-refractivity contribution in [2.24, 2.45) is 0 Å². The van der Waals surface area contributed by atoms with Gasteiger partial charge in [0.15, 0.2) is 0 Å². The summed E-state index contributed by atoms with van der Waals surface area (Å²) in [6, 6.07) is 8.23. The Labute approximate surface area is 125 Å². The van der Waals surface area contributed by atoms with E-state index in [4.69, 9.17) is 0 Å². The smallest absolute Gasteiger partial charge is 0.287 e. The number of aryl methyl sites for hydroxylation is 1. The summed E-state index contributed by atoms with van der Waals surface area (Å²) in [6.07, 6.45) is 1.17. The van der Waals surface area contributed by atoms with Gasteiger partial charge in [0, 0.05) is 11.8 Å². The van der Waals surface area contributed by atoms with Gasteiger partial charge in [-0.3, -0.25) is 14.9 Å². The fourth-order valence-electron chi connectivity index (χ4n) is 1.50. The fourth-order valence-corrected chi connectivity index (χ4v) is 2.14. The number of nitrogens with one attached hydrogen (secondary N) is 1. The molecule has 8 heteroatoms. The number of pyridine rings is 2. The molecule has 108 valence electrons. The minimum Gasteiger partial charge on any atom is -0.310 e. The molecule has 0 aliphatic heterocycles. The molecule has 0 aromatic carbocycles. The molecule has 1 amide bonds. The Morgan fingerprint density at radius 3 is 2.81 bits per heavy atom. The van der Waals surface area contributed by atoms with Gasteiger partial charge < -0.3 is 5.32 Å². The Bertz CT molecular complexity index is 661. The van der Waals surface area contributed by atoms with Crippen LogP contribution in [-0.2, 0) is 4.79 Å². The molecule has 21 heavy (non-hydrogen) atoms. The van der Waals surface area contributed by atoms with Crippen LogP contribution in [0.3, 0.4) is 0 Å². The normalized spacial score (nSPS) is 10.1. The molecule has 2 aromatic rings. The first-order chi connectivity index (χ1) is 10.0. The van der Waals surface area contributed by atoms with Gasteiger partial charge in [0.25, 0.3) is 5.69 Å². The van der Waals surface area contributed by atoms with Crippen LogP contribution in [0.5, 0.6) is 0 Å². The second-order valence-electron chi connectivity index (χ2n) is 4.11. The highest BCUT2D eigenvalue weighted by molar-refractivity contribution is 7.99. The van der Waals surface area contributed by atoms with E-state index >= 15 is 0 Å². The van der Waals surface area contributed by atoms with E-state index in [9.17, 15) is 14.9 Å². The van der Waals surface area contributed by atoms with Crippen molar-refractivity contribution >= 4 is 29.2 Å². The molecule has 2 aromatic heterocycles. The van der Waals surface area contributed by atoms with Gasteiger partial charge in [-0.25, -0.2) is 9.97 Å². The molecule has 0 atom stereocenters. The van der Waals surface area contributed by atoms with Gasteiger partial charge in [-0.1, -0.05) is 17.8 Å². The first kappa shape index (κ1) is 14.9. The quantitative estimate of drug-likeness (QED) is 0.517. The van der Waals surface area contributed by atoms with Crippen LogP contribution in [-0.4, -0.2) is 26.6 Å². The number of hydrogen-bond acceptors (Lipinski definition) is 6. The first-order valence-corrected chi connectivity index (χ1v) is 7.00. The van der Waals surface area contributed by atoms with E-state index in [2.05, 4.69) is 15.3 Å². The predicted octanol–water partition coefficient (Wildman–Crippen LogP) is 2.42. The summed E-state index contributed by atoms with van der Waals surface area (Å²) in [5, 5.41) is 13.7. The number of nitro groups is 1. The van der Waals surface area contributed by atoms with E-state index in [0.717, 1.165) is 5.69 Å². The van der Waals surface area contributed by atoms with Gasteiger partial charge in [0.1, 0.15) is 12.0 Å². The van der Waals surface area contributed by atoms with E-state index in [0.29, 0.717) is 10.8 Å². The number of rotatable bonds is 5. The highest BCUT2D eigenvalue weighted by Gasteiger charge is 2.08. The summed E-state index contributed by atoms with van der Waals surface area (Å²) in [7, 11) is 0. The van der Waals surface area contributed by atoms with Crippen molar-refractivity contribution in [2.75, 3.05) is 11.1 Å². The summed E-state index contributed by atoms with van der Waals surface area (Å²) >= 11 is 1.20. The molecule has 0 radical (unpaired) electrons. The molecule has 2 heterocycles. The predicted molar refractivity (Wildman–Crippen MR) is 79.2 cm³/mol. The number of hydrogen-bond donors (Lipinski definition) is 1. The molecule has 0 aliphatic rings. The minimum atomic E-state index is -0.516. The maximum atomic E-state index is 11.8. The molecule has 0 spiro atoms. The lowest BCUT2D eigenvalue weighted by molar-refractivity contribution is -0.385. The van der Waals surface area contributed by atoms with E-state index in [1.807, 2.05) is 19.1 Å². The van der Waals surface area contributed by atoms with Crippen LogP contribution in [0.1, 0.15) is 5.69 Å². The summed E-state index contributed by atoms with van der Waals surface area (Å²) in [4.78, 5) is 29.8. The number of anilines is 1. The maximum absolute atomic E-state index is 11.8. The van der Waals surface area contributed by atoms with Gasteiger partial charge in [-0.05, 0) is 25.1 Å². The summed E-state index contributed by atoms with van der Waals surface area (Å²) in [5.74, 6) is 0.441. The highest BCUT2D eigenvalue weighted by Crippen LogP contribution is 2.18. The van der Waals surface area contributed by atoms with Crippen LogP contribution in [0, 0.1) is 17.0 Å². The topological polar surface area (TPSA) is 98.0 Å². The SMILES string of the molecule is Cc1cccc(NC(=O)CSc2ccc([N+](=O)[O-])cn2)n1. The number of nitrogens with zero attached hydrogens (tertiary/aromatic N) is 3. The first-order valence-electron chi connectivity index (χ1n) is 6.01. The average Bonchev–Trinajstić information content (AvgIpc) is 2.45. The van der Waals surface area contributed by atoms with E-state index in [-0.39, 0.29) is 17.3 Å². The van der Waals surface area contributed by atoms with Crippen molar-refractivity contribution < 1.29 is 9.72 Å². The highest BCUT2D eigenvalue weighted by atomic mass is 32.2. The third-order valence-electron chi connectivity index (χ3n) is 2.44. The zero-order valence-electron chi connectivity index (χ0n) is 11.1. The number of amides is 1. The van der Waals surface area contributed by atoms with Crippen LogP contribution in [0.4, 0.5) is 11.5 Å². The Balaban J connectivity index is 1.87. The second kappa shape index (κ2) is 6.80. The van der Waals surface area contributed by atoms with Gasteiger partial charge >= 0.3 is 0 Å². The molecular weight excluding hydrogens is 292 g/mol. The van der Waals surface area contributed by atoms with Gasteiger partial charge in [-0.2, -0.15) is 0 Å². The molecule has 0 aliphatic carbocycles. The number of aromatic nitrogens is 2. The molecule has 0 unspecified atom stereocenters. The van der Waals surface area contributed by atoms with Gasteiger partial charge in [0.05, 0.1) is 15.7 Å². The van der Waals surface area contributed by atoms with Crippen LogP contribution < -0.4 is 5.32 Å². The largest absolute Gasteiger partial charge is 0.310 e. The second-order valence-corrected chi connectivity index (χ2v) is 5.11. The zero-order valence-corrected chi connectivity index (χ0v) is 12.0. The average molecular weight is 304 g/mol. The van der Waals surface area contributed by atoms with Crippen molar-refractivity contribution in [1.29, 1.82) is 0 Å².